The highest BCUT2D eigenvalue weighted by Crippen LogP contribution is 2.30. The van der Waals surface area contributed by atoms with E-state index in [-0.39, 0.29) is 6.10 Å². The number of thiazole rings is 1. The number of halogens is 1. The maximum atomic E-state index is 10.7. The van der Waals surface area contributed by atoms with Crippen LogP contribution in [-0.4, -0.2) is 37.6 Å². The van der Waals surface area contributed by atoms with Gasteiger partial charge in [0.15, 0.2) is 16.6 Å². The van der Waals surface area contributed by atoms with E-state index in [2.05, 4.69) is 9.88 Å². The van der Waals surface area contributed by atoms with Crippen molar-refractivity contribution in [2.45, 2.75) is 18.9 Å². The van der Waals surface area contributed by atoms with E-state index in [0.29, 0.717) is 10.0 Å². The number of anilines is 1. The van der Waals surface area contributed by atoms with Gasteiger partial charge in [-0.15, -0.1) is 0 Å². The van der Waals surface area contributed by atoms with Gasteiger partial charge >= 0.3 is 0 Å². The summed E-state index contributed by atoms with van der Waals surface area (Å²) in [4.78, 5) is 17.5. The molecule has 1 fully saturated rings. The van der Waals surface area contributed by atoms with Gasteiger partial charge in [-0.05, 0) is 12.8 Å². The molecule has 0 saturated carbocycles. The zero-order valence-electron chi connectivity index (χ0n) is 8.98. The molecule has 16 heavy (non-hydrogen) atoms. The van der Waals surface area contributed by atoms with Crippen LogP contribution in [0.5, 0.6) is 0 Å². The Kier molecular flexibility index (Phi) is 3.78. The van der Waals surface area contributed by atoms with Crippen molar-refractivity contribution in [1.82, 2.24) is 4.98 Å². The van der Waals surface area contributed by atoms with Gasteiger partial charge in [0.1, 0.15) is 4.88 Å². The summed E-state index contributed by atoms with van der Waals surface area (Å²) in [5.41, 5.74) is 0. The van der Waals surface area contributed by atoms with Gasteiger partial charge in [-0.1, -0.05) is 22.9 Å². The summed E-state index contributed by atoms with van der Waals surface area (Å²) < 4.78 is 5.34. The summed E-state index contributed by atoms with van der Waals surface area (Å²) in [6, 6.07) is 0. The summed E-state index contributed by atoms with van der Waals surface area (Å²) in [6.45, 7) is 1.76. The number of ether oxygens (including phenoxy) is 1. The average molecular weight is 261 g/mol. The minimum Gasteiger partial charge on any atom is -0.380 e. The first-order valence-corrected chi connectivity index (χ1v) is 6.33. The minimum atomic E-state index is 0.246. The highest BCUT2D eigenvalue weighted by Gasteiger charge is 2.22. The van der Waals surface area contributed by atoms with Crippen LogP contribution in [0.3, 0.4) is 0 Å². The molecule has 0 radical (unpaired) electrons. The first kappa shape index (κ1) is 11.8. The number of methoxy groups -OCH3 is 1. The number of piperidine rings is 1. The quantitative estimate of drug-likeness (QED) is 0.782. The molecule has 1 aliphatic heterocycles. The lowest BCUT2D eigenvalue weighted by Crippen LogP contribution is -2.39. The standard InChI is InChI=1S/C10H13ClN2O2S/c1-15-7-3-2-4-13(5-7)10-12-9(11)8(6-14)16-10/h6-7H,2-5H2,1H3. The Balaban J connectivity index is 2.13. The molecule has 1 atom stereocenters. The van der Waals surface area contributed by atoms with E-state index in [0.717, 1.165) is 37.3 Å². The van der Waals surface area contributed by atoms with Crippen LogP contribution in [0.4, 0.5) is 5.13 Å². The first-order chi connectivity index (χ1) is 7.74. The molecule has 0 amide bonds. The van der Waals surface area contributed by atoms with Gasteiger partial charge < -0.3 is 9.64 Å². The Bertz CT molecular complexity index is 383. The molecular formula is C10H13ClN2O2S. The van der Waals surface area contributed by atoms with E-state index < -0.39 is 0 Å². The van der Waals surface area contributed by atoms with Crippen molar-refractivity contribution < 1.29 is 9.53 Å². The third kappa shape index (κ3) is 2.36. The largest absolute Gasteiger partial charge is 0.380 e. The van der Waals surface area contributed by atoms with Gasteiger partial charge in [0.2, 0.25) is 0 Å². The van der Waals surface area contributed by atoms with E-state index in [9.17, 15) is 4.79 Å². The molecule has 6 heteroatoms. The van der Waals surface area contributed by atoms with Crippen molar-refractivity contribution in [3.05, 3.63) is 10.0 Å². The van der Waals surface area contributed by atoms with E-state index >= 15 is 0 Å². The molecule has 1 aromatic rings. The maximum Gasteiger partial charge on any atom is 0.187 e. The normalized spacial score (nSPS) is 21.1. The lowest BCUT2D eigenvalue weighted by molar-refractivity contribution is 0.0893. The monoisotopic (exact) mass is 260 g/mol. The van der Waals surface area contributed by atoms with Gasteiger partial charge in [-0.3, -0.25) is 4.79 Å². The molecule has 1 saturated heterocycles. The zero-order chi connectivity index (χ0) is 11.5. The number of hydrogen-bond donors (Lipinski definition) is 0. The molecular weight excluding hydrogens is 248 g/mol. The predicted molar refractivity (Wildman–Crippen MR) is 64.8 cm³/mol. The Morgan fingerprint density at radius 1 is 1.69 bits per heavy atom. The maximum absolute atomic E-state index is 10.7. The van der Waals surface area contributed by atoms with Crippen molar-refractivity contribution in [3.63, 3.8) is 0 Å². The molecule has 1 aliphatic rings. The second-order valence-corrected chi connectivity index (χ2v) is 5.08. The number of aldehydes is 1. The third-order valence-corrected chi connectivity index (χ3v) is 4.13. The van der Waals surface area contributed by atoms with E-state index in [1.807, 2.05) is 0 Å². The summed E-state index contributed by atoms with van der Waals surface area (Å²) in [7, 11) is 1.72. The van der Waals surface area contributed by atoms with Crippen LogP contribution in [0.1, 0.15) is 22.5 Å². The van der Waals surface area contributed by atoms with Crippen LogP contribution in [0.15, 0.2) is 0 Å². The average Bonchev–Trinajstić information content (AvgIpc) is 2.71. The fraction of sp³-hybridized carbons (Fsp3) is 0.600. The zero-order valence-corrected chi connectivity index (χ0v) is 10.6. The number of carbonyl (C=O) groups is 1. The molecule has 4 nitrogen and oxygen atoms in total. The lowest BCUT2D eigenvalue weighted by atomic mass is 10.1. The highest BCUT2D eigenvalue weighted by atomic mass is 35.5. The van der Waals surface area contributed by atoms with E-state index in [4.69, 9.17) is 16.3 Å². The number of hydrogen-bond acceptors (Lipinski definition) is 5. The molecule has 0 N–H and O–H groups in total. The van der Waals surface area contributed by atoms with Crippen LogP contribution in [-0.2, 0) is 4.74 Å². The van der Waals surface area contributed by atoms with E-state index in [1.165, 1.54) is 11.3 Å². The summed E-state index contributed by atoms with van der Waals surface area (Å²) in [5.74, 6) is 0. The van der Waals surface area contributed by atoms with Crippen molar-refractivity contribution in [1.29, 1.82) is 0 Å². The SMILES string of the molecule is COC1CCCN(c2nc(Cl)c(C=O)s2)C1. The van der Waals surface area contributed by atoms with Crippen molar-refractivity contribution >= 4 is 34.4 Å². The number of aromatic nitrogens is 1. The second-order valence-electron chi connectivity index (χ2n) is 3.72. The third-order valence-electron chi connectivity index (χ3n) is 2.69. The van der Waals surface area contributed by atoms with E-state index in [1.54, 1.807) is 7.11 Å². The molecule has 2 heterocycles. The first-order valence-electron chi connectivity index (χ1n) is 5.14. The predicted octanol–water partition coefficient (Wildman–Crippen LogP) is 2.22. The van der Waals surface area contributed by atoms with Crippen LogP contribution in [0.25, 0.3) is 0 Å². The summed E-state index contributed by atoms with van der Waals surface area (Å²) in [6.07, 6.45) is 3.15. The summed E-state index contributed by atoms with van der Waals surface area (Å²) >= 11 is 7.18. The van der Waals surface area contributed by atoms with Crippen LogP contribution in [0, 0.1) is 0 Å². The fourth-order valence-corrected chi connectivity index (χ4v) is 2.91. The Morgan fingerprint density at radius 3 is 3.12 bits per heavy atom. The van der Waals surface area contributed by atoms with Gasteiger partial charge in [0.25, 0.3) is 0 Å². The van der Waals surface area contributed by atoms with Crippen molar-refractivity contribution in [2.24, 2.45) is 0 Å². The Morgan fingerprint density at radius 2 is 2.50 bits per heavy atom. The Labute approximate surface area is 103 Å². The minimum absolute atomic E-state index is 0.246. The number of nitrogens with zero attached hydrogens (tertiary/aromatic N) is 2. The fourth-order valence-electron chi connectivity index (χ4n) is 1.81. The molecule has 2 rings (SSSR count). The van der Waals surface area contributed by atoms with Crippen LogP contribution >= 0.6 is 22.9 Å². The number of rotatable bonds is 3. The Hall–Kier alpha value is -0.650. The van der Waals surface area contributed by atoms with Gasteiger partial charge in [-0.25, -0.2) is 4.98 Å². The topological polar surface area (TPSA) is 42.4 Å². The highest BCUT2D eigenvalue weighted by molar-refractivity contribution is 7.17. The molecule has 0 bridgehead atoms. The van der Waals surface area contributed by atoms with Gasteiger partial charge in [-0.2, -0.15) is 0 Å². The smallest absolute Gasteiger partial charge is 0.187 e. The number of carbonyl (C=O) groups excluding carboxylic acids is 1. The van der Waals surface area contributed by atoms with Crippen LogP contribution < -0.4 is 4.90 Å². The molecule has 0 aromatic carbocycles. The van der Waals surface area contributed by atoms with Gasteiger partial charge in [0.05, 0.1) is 6.10 Å². The summed E-state index contributed by atoms with van der Waals surface area (Å²) in [5, 5.41) is 1.11. The lowest BCUT2D eigenvalue weighted by Gasteiger charge is -2.31. The van der Waals surface area contributed by atoms with Crippen molar-refractivity contribution in [2.75, 3.05) is 25.1 Å². The molecule has 88 valence electrons. The molecule has 1 unspecified atom stereocenters. The van der Waals surface area contributed by atoms with Crippen LogP contribution in [0.2, 0.25) is 5.15 Å². The molecule has 0 aliphatic carbocycles. The van der Waals surface area contributed by atoms with Crippen molar-refractivity contribution in [3.8, 4) is 0 Å². The second kappa shape index (κ2) is 5.12. The van der Waals surface area contributed by atoms with Gasteiger partial charge in [0, 0.05) is 20.2 Å². The molecule has 0 spiro atoms. The molecule has 1 aromatic heterocycles.